The average Bonchev–Trinajstić information content (AvgIpc) is 3.46. The average molecular weight is 473 g/mol. The molecule has 0 aliphatic carbocycles. The van der Waals surface area contributed by atoms with Gasteiger partial charge in [-0.25, -0.2) is 0 Å². The van der Waals surface area contributed by atoms with Crippen molar-refractivity contribution in [1.82, 2.24) is 0 Å². The molecular weight excluding hydrogens is 460 g/mol. The summed E-state index contributed by atoms with van der Waals surface area (Å²) in [5.74, 6) is 0. The fourth-order valence-electron chi connectivity index (χ4n) is 2.88. The predicted octanol–water partition coefficient (Wildman–Crippen LogP) is 7.44. The van der Waals surface area contributed by atoms with Gasteiger partial charge in [-0.3, -0.25) is 20.2 Å². The predicted molar refractivity (Wildman–Crippen MR) is 129 cm³/mol. The van der Waals surface area contributed by atoms with E-state index < -0.39 is 9.85 Å². The summed E-state index contributed by atoms with van der Waals surface area (Å²) >= 11 is 6.37. The summed E-state index contributed by atoms with van der Waals surface area (Å²) in [6.45, 7) is 0. The second-order valence-corrected chi connectivity index (χ2v) is 10.1. The van der Waals surface area contributed by atoms with Crippen molar-refractivity contribution in [1.29, 1.82) is 0 Å². The van der Waals surface area contributed by atoms with Crippen molar-refractivity contribution < 1.29 is 9.85 Å². The molecule has 2 heterocycles. The lowest BCUT2D eigenvalue weighted by Gasteiger charge is -2.18. The van der Waals surface area contributed by atoms with Crippen LogP contribution in [0.15, 0.2) is 78.6 Å². The Balaban J connectivity index is 1.89. The topological polar surface area (TPSA) is 86.3 Å². The van der Waals surface area contributed by atoms with E-state index in [0.29, 0.717) is 0 Å². The van der Waals surface area contributed by atoms with Crippen molar-refractivity contribution in [3.8, 4) is 0 Å². The Morgan fingerprint density at radius 1 is 0.567 bits per heavy atom. The third-order valence-electron chi connectivity index (χ3n) is 4.20. The van der Waals surface area contributed by atoms with Gasteiger partial charge in [0.15, 0.2) is 0 Å². The minimum absolute atomic E-state index is 0.0313. The van der Waals surface area contributed by atoms with Crippen molar-refractivity contribution in [3.05, 3.63) is 110 Å². The third kappa shape index (κ3) is 4.36. The maximum Gasteiger partial charge on any atom is 0.269 e. The molecule has 0 bridgehead atoms. The summed E-state index contributed by atoms with van der Waals surface area (Å²) in [6, 6.07) is 13.0. The zero-order chi connectivity index (χ0) is 21.1. The van der Waals surface area contributed by atoms with E-state index in [1.807, 2.05) is 21.6 Å². The first kappa shape index (κ1) is 20.9. The number of nitro benzene ring substituents is 2. The van der Waals surface area contributed by atoms with E-state index in [4.69, 9.17) is 0 Å². The zero-order valence-corrected chi connectivity index (χ0v) is 18.4. The molecule has 2 aromatic carbocycles. The van der Waals surface area contributed by atoms with Gasteiger partial charge in [-0.2, -0.15) is 0 Å². The van der Waals surface area contributed by atoms with Crippen molar-refractivity contribution in [2.24, 2.45) is 0 Å². The quantitative estimate of drug-likeness (QED) is 0.328. The van der Waals surface area contributed by atoms with E-state index in [-0.39, 0.29) is 11.4 Å². The molecule has 10 heteroatoms. The molecule has 30 heavy (non-hydrogen) atoms. The molecule has 4 rings (SSSR count). The molecule has 2 aliphatic rings. The normalized spacial score (nSPS) is 14.9. The summed E-state index contributed by atoms with van der Waals surface area (Å²) in [5, 5.41) is 30.2. The lowest BCUT2D eigenvalue weighted by molar-refractivity contribution is -0.385. The van der Waals surface area contributed by atoms with Gasteiger partial charge >= 0.3 is 0 Å². The van der Waals surface area contributed by atoms with E-state index in [2.05, 4.69) is 0 Å². The maximum atomic E-state index is 11.1. The first-order valence-corrected chi connectivity index (χ1v) is 12.0. The van der Waals surface area contributed by atoms with Crippen LogP contribution in [-0.2, 0) is 0 Å². The zero-order valence-electron chi connectivity index (χ0n) is 15.1. The summed E-state index contributed by atoms with van der Waals surface area (Å²) < 4.78 is 2.11. The Morgan fingerprint density at radius 2 is 0.867 bits per heavy atom. The molecule has 150 valence electrons. The summed E-state index contributed by atoms with van der Waals surface area (Å²) in [7, 11) is 0. The van der Waals surface area contributed by atoms with Crippen LogP contribution in [0.25, 0.3) is 11.1 Å². The van der Waals surface area contributed by atoms with E-state index >= 15 is 0 Å². The number of hydrogen-bond donors (Lipinski definition) is 0. The monoisotopic (exact) mass is 472 g/mol. The molecule has 0 spiro atoms. The third-order valence-corrected chi connectivity index (χ3v) is 8.46. The highest BCUT2D eigenvalue weighted by molar-refractivity contribution is 8.28. The number of nitro groups is 2. The first-order valence-electron chi connectivity index (χ1n) is 8.50. The molecule has 0 saturated heterocycles. The first-order chi connectivity index (χ1) is 14.5. The van der Waals surface area contributed by atoms with Crippen molar-refractivity contribution in [3.63, 3.8) is 0 Å². The second-order valence-electron chi connectivity index (χ2n) is 5.95. The second kappa shape index (κ2) is 9.17. The van der Waals surface area contributed by atoms with Crippen LogP contribution in [0.2, 0.25) is 0 Å². The van der Waals surface area contributed by atoms with Gasteiger partial charge in [0.25, 0.3) is 11.4 Å². The molecule has 6 nitrogen and oxygen atoms in total. The van der Waals surface area contributed by atoms with Gasteiger partial charge in [0.2, 0.25) is 0 Å². The number of allylic oxidation sites excluding steroid dienone is 2. The highest BCUT2D eigenvalue weighted by Gasteiger charge is 2.24. The van der Waals surface area contributed by atoms with Crippen LogP contribution in [0, 0.1) is 20.2 Å². The number of benzene rings is 2. The number of nitrogens with zero attached hydrogens (tertiary/aromatic N) is 2. The van der Waals surface area contributed by atoms with Crippen LogP contribution < -0.4 is 0 Å². The van der Waals surface area contributed by atoms with Gasteiger partial charge in [0, 0.05) is 35.4 Å². The Hall–Kier alpha value is -2.40. The van der Waals surface area contributed by atoms with Crippen LogP contribution in [0.5, 0.6) is 0 Å². The Kier molecular flexibility index (Phi) is 6.38. The van der Waals surface area contributed by atoms with E-state index in [9.17, 15) is 20.2 Å². The Labute approximate surface area is 188 Å². The molecule has 0 aromatic heterocycles. The minimum Gasteiger partial charge on any atom is -0.258 e. The summed E-state index contributed by atoms with van der Waals surface area (Å²) in [4.78, 5) is 21.3. The molecule has 0 unspecified atom stereocenters. The van der Waals surface area contributed by atoms with E-state index in [0.717, 1.165) is 30.7 Å². The minimum atomic E-state index is -0.417. The van der Waals surface area contributed by atoms with Crippen molar-refractivity contribution >= 4 is 69.6 Å². The SMILES string of the molecule is O=[N+]([O-])c1ccc(C(=C2SC=CS2)C(=C2SC=CS2)c2ccc([N+](=O)[O-])cc2)cc1. The highest BCUT2D eigenvalue weighted by atomic mass is 32.2. The van der Waals surface area contributed by atoms with Crippen LogP contribution in [0.3, 0.4) is 0 Å². The lowest BCUT2D eigenvalue weighted by Crippen LogP contribution is -1.96. The van der Waals surface area contributed by atoms with Gasteiger partial charge in [0.05, 0.1) is 18.3 Å². The number of non-ortho nitro benzene ring substituents is 2. The molecule has 0 fully saturated rings. The van der Waals surface area contributed by atoms with Gasteiger partial charge < -0.3 is 0 Å². The molecule has 0 amide bonds. The lowest BCUT2D eigenvalue weighted by atomic mass is 9.94. The van der Waals surface area contributed by atoms with Crippen LogP contribution in [-0.4, -0.2) is 9.85 Å². The molecule has 2 aliphatic heterocycles. The fourth-order valence-corrected chi connectivity index (χ4v) is 6.72. The highest BCUT2D eigenvalue weighted by Crippen LogP contribution is 2.53. The standard InChI is InChI=1S/C20H12N2O4S4/c23-21(24)15-5-1-13(2-6-15)17(19-27-9-10-28-19)18(20-29-11-12-30-20)14-3-7-16(8-4-14)22(25)26/h1-12H. The van der Waals surface area contributed by atoms with Gasteiger partial charge in [0.1, 0.15) is 0 Å². The largest absolute Gasteiger partial charge is 0.269 e. The number of thioether (sulfide) groups is 4. The molecule has 0 saturated carbocycles. The number of rotatable bonds is 5. The number of hydrogen-bond acceptors (Lipinski definition) is 8. The fraction of sp³-hybridized carbons (Fsp3) is 0. The Morgan fingerprint density at radius 3 is 1.13 bits per heavy atom. The molecule has 2 aromatic rings. The van der Waals surface area contributed by atoms with Crippen LogP contribution >= 0.6 is 47.0 Å². The van der Waals surface area contributed by atoms with Crippen molar-refractivity contribution in [2.45, 2.75) is 0 Å². The van der Waals surface area contributed by atoms with Gasteiger partial charge in [-0.05, 0) is 57.0 Å². The summed E-state index contributed by atoms with van der Waals surface area (Å²) in [6.07, 6.45) is 0. The molecular formula is C20H12N2O4S4. The van der Waals surface area contributed by atoms with E-state index in [1.54, 1.807) is 71.3 Å². The summed E-state index contributed by atoms with van der Waals surface area (Å²) in [5.41, 5.74) is 3.68. The van der Waals surface area contributed by atoms with Gasteiger partial charge in [-0.1, -0.05) is 47.0 Å². The van der Waals surface area contributed by atoms with Crippen LogP contribution in [0.1, 0.15) is 11.1 Å². The van der Waals surface area contributed by atoms with Crippen molar-refractivity contribution in [2.75, 3.05) is 0 Å². The Bertz CT molecular complexity index is 1020. The smallest absolute Gasteiger partial charge is 0.258 e. The molecule has 0 radical (unpaired) electrons. The van der Waals surface area contributed by atoms with Gasteiger partial charge in [-0.15, -0.1) is 0 Å². The molecule has 0 atom stereocenters. The van der Waals surface area contributed by atoms with E-state index in [1.165, 1.54) is 24.3 Å². The molecule has 0 N–H and O–H groups in total. The maximum absolute atomic E-state index is 11.1. The van der Waals surface area contributed by atoms with Crippen LogP contribution in [0.4, 0.5) is 11.4 Å².